The number of methoxy groups -OCH3 is 1. The van der Waals surface area contributed by atoms with E-state index in [4.69, 9.17) is 9.47 Å². The van der Waals surface area contributed by atoms with Crippen LogP contribution in [-0.2, 0) is 27.1 Å². The van der Waals surface area contributed by atoms with Crippen molar-refractivity contribution in [3.05, 3.63) is 90.3 Å². The van der Waals surface area contributed by atoms with Crippen molar-refractivity contribution < 1.29 is 29.0 Å². The lowest BCUT2D eigenvalue weighted by molar-refractivity contribution is -0.126. The highest BCUT2D eigenvalue weighted by molar-refractivity contribution is 5.86. The fraction of sp³-hybridized carbons (Fsp3) is 0.444. The number of benzene rings is 2. The van der Waals surface area contributed by atoms with E-state index in [2.05, 4.69) is 20.9 Å². The molecule has 3 amide bonds. The van der Waals surface area contributed by atoms with Crippen molar-refractivity contribution in [3.8, 4) is 11.1 Å². The number of carbonyl (C=O) groups excluding carboxylic acids is 3. The van der Waals surface area contributed by atoms with Crippen LogP contribution in [0.3, 0.4) is 0 Å². The summed E-state index contributed by atoms with van der Waals surface area (Å²) in [6.07, 6.45) is 1.90. The Morgan fingerprint density at radius 2 is 1.35 bits per heavy atom. The molecule has 2 aromatic carbocycles. The average Bonchev–Trinajstić information content (AvgIpc) is 2.99. The first-order valence-electron chi connectivity index (χ1n) is 15.5. The van der Waals surface area contributed by atoms with E-state index in [1.165, 1.54) is 7.11 Å². The Kier molecular flexibility index (Phi) is 12.7. The summed E-state index contributed by atoms with van der Waals surface area (Å²) >= 11 is 0. The summed E-state index contributed by atoms with van der Waals surface area (Å²) in [6.45, 7) is 10.8. The van der Waals surface area contributed by atoms with Gasteiger partial charge in [-0.3, -0.25) is 9.78 Å². The van der Waals surface area contributed by atoms with Crippen LogP contribution >= 0.6 is 0 Å². The number of aliphatic hydroxyl groups excluding tert-OH is 1. The van der Waals surface area contributed by atoms with E-state index in [1.807, 2.05) is 87.5 Å². The molecule has 0 saturated carbocycles. The Morgan fingerprint density at radius 3 is 1.91 bits per heavy atom. The first-order valence-corrected chi connectivity index (χ1v) is 15.5. The predicted octanol–water partition coefficient (Wildman–Crippen LogP) is 5.43. The van der Waals surface area contributed by atoms with Crippen molar-refractivity contribution in [2.24, 2.45) is 5.41 Å². The highest BCUT2D eigenvalue weighted by Crippen LogP contribution is 2.23. The van der Waals surface area contributed by atoms with Gasteiger partial charge in [0.2, 0.25) is 5.91 Å². The van der Waals surface area contributed by atoms with Crippen molar-refractivity contribution in [1.82, 2.24) is 20.9 Å². The molecule has 0 unspecified atom stereocenters. The molecule has 0 aliphatic carbocycles. The van der Waals surface area contributed by atoms with Gasteiger partial charge in [0.05, 0.1) is 19.3 Å². The zero-order chi connectivity index (χ0) is 33.9. The van der Waals surface area contributed by atoms with Crippen molar-refractivity contribution >= 4 is 18.1 Å². The molecular weight excluding hydrogens is 584 g/mol. The van der Waals surface area contributed by atoms with Gasteiger partial charge in [-0.05, 0) is 79.8 Å². The summed E-state index contributed by atoms with van der Waals surface area (Å²) in [7, 11) is 1.24. The second kappa shape index (κ2) is 16.2. The van der Waals surface area contributed by atoms with Gasteiger partial charge in [0.25, 0.3) is 0 Å². The number of nitrogens with one attached hydrogen (secondary N) is 3. The highest BCUT2D eigenvalue weighted by atomic mass is 16.6. The van der Waals surface area contributed by atoms with Gasteiger partial charge in [-0.15, -0.1) is 0 Å². The van der Waals surface area contributed by atoms with E-state index >= 15 is 0 Å². The molecule has 3 aromatic rings. The number of alkyl carbamates (subject to hydrolysis) is 2. The lowest BCUT2D eigenvalue weighted by atomic mass is 9.85. The molecule has 0 saturated heterocycles. The van der Waals surface area contributed by atoms with Crippen molar-refractivity contribution in [2.75, 3.05) is 7.11 Å². The molecule has 0 spiro atoms. The van der Waals surface area contributed by atoms with E-state index in [0.29, 0.717) is 12.8 Å². The summed E-state index contributed by atoms with van der Waals surface area (Å²) in [6, 6.07) is 19.2. The zero-order valence-electron chi connectivity index (χ0n) is 27.9. The first kappa shape index (κ1) is 36.0. The van der Waals surface area contributed by atoms with E-state index in [-0.39, 0.29) is 6.42 Å². The largest absolute Gasteiger partial charge is 0.453 e. The average molecular weight is 633 g/mol. The number of pyridine rings is 1. The number of ether oxygens (including phenoxy) is 2. The fourth-order valence-electron chi connectivity index (χ4n) is 5.06. The lowest BCUT2D eigenvalue weighted by Crippen LogP contribution is -2.56. The highest BCUT2D eigenvalue weighted by Gasteiger charge is 2.35. The van der Waals surface area contributed by atoms with Gasteiger partial charge in [0.15, 0.2) is 0 Å². The van der Waals surface area contributed by atoms with Crippen LogP contribution in [-0.4, -0.2) is 65.1 Å². The molecule has 46 heavy (non-hydrogen) atoms. The van der Waals surface area contributed by atoms with Gasteiger partial charge < -0.3 is 30.5 Å². The van der Waals surface area contributed by atoms with Crippen molar-refractivity contribution in [2.45, 2.75) is 90.6 Å². The lowest BCUT2D eigenvalue weighted by Gasteiger charge is -2.33. The summed E-state index contributed by atoms with van der Waals surface area (Å²) in [4.78, 5) is 42.7. The normalized spacial score (nSPS) is 14.3. The smallest absolute Gasteiger partial charge is 0.407 e. The molecule has 1 heterocycles. The van der Waals surface area contributed by atoms with Crippen LogP contribution in [0, 0.1) is 5.41 Å². The molecule has 0 fully saturated rings. The third kappa shape index (κ3) is 11.8. The molecule has 0 bridgehead atoms. The van der Waals surface area contributed by atoms with E-state index in [0.717, 1.165) is 22.3 Å². The monoisotopic (exact) mass is 632 g/mol. The SMILES string of the molecule is COC(=O)N[C@H](C(=O)N[C@@H](Cc1ccc(-c2ccncc2)cc1)C[C@H](O)[C@H](Cc1ccccc1)NC(=O)OC(C)(C)C)C(C)(C)C. The third-order valence-corrected chi connectivity index (χ3v) is 7.36. The molecular formula is C36H48N4O6. The standard InChI is InChI=1S/C36H48N4O6/c1-35(2,3)31(40-33(43)45-7)32(42)38-28(21-25-13-15-26(16-14-25)27-17-19-37-20-18-27)23-30(41)29(22-24-11-9-8-10-12-24)39-34(44)46-36(4,5)6/h8-20,28-31,41H,21-23H2,1-7H3,(H,38,42)(H,39,44)(H,40,43)/t28-,29-,30-,31+/m0/s1. The third-order valence-electron chi connectivity index (χ3n) is 7.36. The number of nitrogens with zero attached hydrogens (tertiary/aromatic N) is 1. The van der Waals surface area contributed by atoms with Gasteiger partial charge in [0, 0.05) is 18.4 Å². The van der Waals surface area contributed by atoms with Crippen LogP contribution in [0.15, 0.2) is 79.1 Å². The number of amides is 3. The van der Waals surface area contributed by atoms with Gasteiger partial charge in [0.1, 0.15) is 11.6 Å². The first-order chi connectivity index (χ1) is 21.6. The molecule has 248 valence electrons. The Labute approximate surface area is 272 Å². The minimum Gasteiger partial charge on any atom is -0.453 e. The maximum absolute atomic E-state index is 13.7. The second-order valence-electron chi connectivity index (χ2n) is 13.5. The minimum atomic E-state index is -1.06. The Bertz CT molecular complexity index is 1400. The van der Waals surface area contributed by atoms with E-state index in [1.54, 1.807) is 33.2 Å². The van der Waals surface area contributed by atoms with Crippen LogP contribution in [0.4, 0.5) is 9.59 Å². The Morgan fingerprint density at radius 1 is 0.761 bits per heavy atom. The summed E-state index contributed by atoms with van der Waals surface area (Å²) in [5.41, 5.74) is 2.54. The summed E-state index contributed by atoms with van der Waals surface area (Å²) in [5.74, 6) is -0.414. The molecule has 0 aliphatic rings. The van der Waals surface area contributed by atoms with Gasteiger partial charge in [-0.1, -0.05) is 75.4 Å². The molecule has 4 N–H and O–H groups in total. The zero-order valence-corrected chi connectivity index (χ0v) is 27.9. The van der Waals surface area contributed by atoms with Crippen LogP contribution < -0.4 is 16.0 Å². The molecule has 10 heteroatoms. The van der Waals surface area contributed by atoms with E-state index in [9.17, 15) is 19.5 Å². The van der Waals surface area contributed by atoms with Crippen molar-refractivity contribution in [1.29, 1.82) is 0 Å². The number of rotatable bonds is 12. The summed E-state index contributed by atoms with van der Waals surface area (Å²) in [5, 5.41) is 20.2. The summed E-state index contributed by atoms with van der Waals surface area (Å²) < 4.78 is 10.3. The van der Waals surface area contributed by atoms with E-state index < -0.39 is 53.3 Å². The number of carbonyl (C=O) groups is 3. The topological polar surface area (TPSA) is 139 Å². The molecule has 1 aromatic heterocycles. The van der Waals surface area contributed by atoms with Crippen LogP contribution in [0.25, 0.3) is 11.1 Å². The maximum Gasteiger partial charge on any atom is 0.407 e. The van der Waals surface area contributed by atoms with Crippen LogP contribution in [0.1, 0.15) is 59.1 Å². The molecule has 3 rings (SSSR count). The number of aliphatic hydroxyl groups is 1. The maximum atomic E-state index is 13.7. The number of hydrogen-bond acceptors (Lipinski definition) is 7. The molecule has 10 nitrogen and oxygen atoms in total. The van der Waals surface area contributed by atoms with Crippen LogP contribution in [0.2, 0.25) is 0 Å². The number of aromatic nitrogens is 1. The molecule has 0 aliphatic heterocycles. The minimum absolute atomic E-state index is 0.111. The van der Waals surface area contributed by atoms with Gasteiger partial charge in [-0.2, -0.15) is 0 Å². The van der Waals surface area contributed by atoms with Crippen molar-refractivity contribution in [3.63, 3.8) is 0 Å². The quantitative estimate of drug-likeness (QED) is 0.209. The molecule has 4 atom stereocenters. The molecule has 0 radical (unpaired) electrons. The van der Waals surface area contributed by atoms with Gasteiger partial charge in [-0.25, -0.2) is 9.59 Å². The Hall–Kier alpha value is -4.44. The van der Waals surface area contributed by atoms with Gasteiger partial charge >= 0.3 is 12.2 Å². The predicted molar refractivity (Wildman–Crippen MR) is 178 cm³/mol. The Balaban J connectivity index is 1.89. The van der Waals surface area contributed by atoms with Crippen LogP contribution in [0.5, 0.6) is 0 Å². The fourth-order valence-corrected chi connectivity index (χ4v) is 5.06. The second-order valence-corrected chi connectivity index (χ2v) is 13.5. The number of hydrogen-bond donors (Lipinski definition) is 4.